The molecule has 182 valence electrons. The van der Waals surface area contributed by atoms with Crippen LogP contribution in [-0.2, 0) is 17.9 Å². The number of nitrogens with one attached hydrogen (secondary N) is 2. The third-order valence-corrected chi connectivity index (χ3v) is 6.30. The zero-order valence-corrected chi connectivity index (χ0v) is 20.3. The summed E-state index contributed by atoms with van der Waals surface area (Å²) in [5, 5.41) is 16.4. The molecular weight excluding hydrogens is 456 g/mol. The van der Waals surface area contributed by atoms with Gasteiger partial charge in [0, 0.05) is 25.2 Å². The molecule has 1 saturated heterocycles. The Morgan fingerprint density at radius 3 is 2.29 bits per heavy atom. The highest BCUT2D eigenvalue weighted by atomic mass is 35.5. The number of benzene rings is 2. The molecule has 9 heteroatoms. The predicted octanol–water partition coefficient (Wildman–Crippen LogP) is 4.30. The van der Waals surface area contributed by atoms with E-state index in [1.165, 1.54) is 37.0 Å². The van der Waals surface area contributed by atoms with Gasteiger partial charge in [0.05, 0.1) is 15.5 Å². The van der Waals surface area contributed by atoms with Gasteiger partial charge in [-0.15, -0.1) is 0 Å². The van der Waals surface area contributed by atoms with E-state index in [9.17, 15) is 19.7 Å². The largest absolute Gasteiger partial charge is 0.350 e. The van der Waals surface area contributed by atoms with E-state index >= 15 is 0 Å². The van der Waals surface area contributed by atoms with Gasteiger partial charge in [-0.05, 0) is 49.0 Å². The molecule has 0 saturated carbocycles. The number of likely N-dealkylation sites (tertiary alicyclic amines) is 1. The molecule has 0 radical (unpaired) electrons. The van der Waals surface area contributed by atoms with E-state index in [1.807, 2.05) is 26.0 Å². The summed E-state index contributed by atoms with van der Waals surface area (Å²) in [5.41, 5.74) is 2.10. The van der Waals surface area contributed by atoms with E-state index in [0.717, 1.165) is 31.3 Å². The zero-order chi connectivity index (χ0) is 24.7. The number of non-ortho nitro benzene ring substituents is 1. The Kier molecular flexibility index (Phi) is 9.01. The van der Waals surface area contributed by atoms with Crippen LogP contribution < -0.4 is 10.6 Å². The highest BCUT2D eigenvalue weighted by Crippen LogP contribution is 2.23. The van der Waals surface area contributed by atoms with Crippen LogP contribution in [0.2, 0.25) is 5.02 Å². The highest BCUT2D eigenvalue weighted by Gasteiger charge is 2.26. The van der Waals surface area contributed by atoms with Gasteiger partial charge in [0.1, 0.15) is 6.04 Å². The third kappa shape index (κ3) is 7.01. The molecule has 0 unspecified atom stereocenters. The summed E-state index contributed by atoms with van der Waals surface area (Å²) in [6, 6.07) is 11.0. The lowest BCUT2D eigenvalue weighted by atomic mass is 10.0. The number of rotatable bonds is 9. The number of hydrogen-bond donors (Lipinski definition) is 2. The van der Waals surface area contributed by atoms with E-state index < -0.39 is 16.9 Å². The molecule has 2 aromatic carbocycles. The van der Waals surface area contributed by atoms with Crippen molar-refractivity contribution in [2.75, 3.05) is 13.1 Å². The fraction of sp³-hybridized carbons (Fsp3) is 0.440. The van der Waals surface area contributed by atoms with Crippen molar-refractivity contribution in [1.82, 2.24) is 15.5 Å². The Morgan fingerprint density at radius 2 is 1.71 bits per heavy atom. The fourth-order valence-corrected chi connectivity index (χ4v) is 4.25. The number of amides is 2. The van der Waals surface area contributed by atoms with E-state index in [4.69, 9.17) is 11.6 Å². The van der Waals surface area contributed by atoms with Crippen LogP contribution >= 0.6 is 11.6 Å². The van der Waals surface area contributed by atoms with Gasteiger partial charge in [0.15, 0.2) is 0 Å². The summed E-state index contributed by atoms with van der Waals surface area (Å²) in [4.78, 5) is 38.3. The first-order chi connectivity index (χ1) is 16.2. The van der Waals surface area contributed by atoms with Gasteiger partial charge < -0.3 is 10.6 Å². The molecule has 0 aliphatic carbocycles. The maximum atomic E-state index is 12.8. The molecule has 1 fully saturated rings. The van der Waals surface area contributed by atoms with Gasteiger partial charge in [0.25, 0.3) is 11.6 Å². The monoisotopic (exact) mass is 486 g/mol. The Balaban J connectivity index is 1.56. The third-order valence-electron chi connectivity index (χ3n) is 5.99. The molecule has 0 bridgehead atoms. The Morgan fingerprint density at radius 1 is 1.06 bits per heavy atom. The maximum Gasteiger partial charge on any atom is 0.270 e. The number of nitro benzene ring substituents is 1. The van der Waals surface area contributed by atoms with Crippen molar-refractivity contribution in [2.24, 2.45) is 5.92 Å². The van der Waals surface area contributed by atoms with Crippen LogP contribution in [0, 0.1) is 16.0 Å². The molecule has 8 nitrogen and oxygen atoms in total. The molecule has 1 heterocycles. The normalized spacial score (nSPS) is 15.1. The van der Waals surface area contributed by atoms with Crippen molar-refractivity contribution in [3.8, 4) is 0 Å². The summed E-state index contributed by atoms with van der Waals surface area (Å²) >= 11 is 6.06. The second-order valence-electron chi connectivity index (χ2n) is 8.99. The molecule has 0 spiro atoms. The topological polar surface area (TPSA) is 105 Å². The summed E-state index contributed by atoms with van der Waals surface area (Å²) in [6.07, 6.45) is 3.83. The molecule has 2 N–H and O–H groups in total. The maximum absolute atomic E-state index is 12.8. The number of halogens is 1. The molecule has 3 rings (SSSR count). The number of hydrogen-bond acceptors (Lipinski definition) is 5. The van der Waals surface area contributed by atoms with Gasteiger partial charge in [-0.2, -0.15) is 0 Å². The van der Waals surface area contributed by atoms with Crippen LogP contribution in [0.5, 0.6) is 0 Å². The van der Waals surface area contributed by atoms with Crippen molar-refractivity contribution >= 4 is 29.1 Å². The van der Waals surface area contributed by atoms with Gasteiger partial charge in [-0.1, -0.05) is 56.1 Å². The van der Waals surface area contributed by atoms with Crippen LogP contribution in [-0.4, -0.2) is 40.8 Å². The van der Waals surface area contributed by atoms with Gasteiger partial charge in [-0.3, -0.25) is 24.6 Å². The molecule has 2 aromatic rings. The molecule has 34 heavy (non-hydrogen) atoms. The minimum atomic E-state index is -0.780. The summed E-state index contributed by atoms with van der Waals surface area (Å²) in [5.74, 6) is -1.04. The lowest BCUT2D eigenvalue weighted by Crippen LogP contribution is -2.49. The fourth-order valence-electron chi connectivity index (χ4n) is 3.99. The first-order valence-corrected chi connectivity index (χ1v) is 11.9. The minimum Gasteiger partial charge on any atom is -0.350 e. The smallest absolute Gasteiger partial charge is 0.270 e. The molecule has 1 atom stereocenters. The second kappa shape index (κ2) is 11.9. The lowest BCUT2D eigenvalue weighted by Gasteiger charge is -2.26. The standard InChI is InChI=1S/C25H31ClN4O4/c1-17(2)23(28-24(31)21-11-10-20(30(33)34)14-22(21)26)25(32)27-15-18-6-8-19(9-7-18)16-29-12-4-3-5-13-29/h6-11,14,17,23H,3-5,12-13,15-16H2,1-2H3,(H,27,32)(H,28,31)/t23-/m0/s1. The Bertz CT molecular complexity index is 1020. The average Bonchev–Trinajstić information content (AvgIpc) is 2.82. The number of carbonyl (C=O) groups excluding carboxylic acids is 2. The van der Waals surface area contributed by atoms with E-state index in [0.29, 0.717) is 6.54 Å². The first-order valence-electron chi connectivity index (χ1n) is 11.6. The van der Waals surface area contributed by atoms with Crippen molar-refractivity contribution in [1.29, 1.82) is 0 Å². The Hall–Kier alpha value is -2.97. The van der Waals surface area contributed by atoms with Crippen LogP contribution in [0.15, 0.2) is 42.5 Å². The van der Waals surface area contributed by atoms with E-state index in [-0.39, 0.29) is 28.1 Å². The number of nitro groups is 1. The molecule has 0 aromatic heterocycles. The van der Waals surface area contributed by atoms with Crippen molar-refractivity contribution in [3.05, 3.63) is 74.3 Å². The second-order valence-corrected chi connectivity index (χ2v) is 9.39. The van der Waals surface area contributed by atoms with E-state index in [1.54, 1.807) is 0 Å². The summed E-state index contributed by atoms with van der Waals surface area (Å²) < 4.78 is 0. The summed E-state index contributed by atoms with van der Waals surface area (Å²) in [7, 11) is 0. The highest BCUT2D eigenvalue weighted by molar-refractivity contribution is 6.34. The van der Waals surface area contributed by atoms with E-state index in [2.05, 4.69) is 27.7 Å². The van der Waals surface area contributed by atoms with Crippen LogP contribution in [0.3, 0.4) is 0 Å². The van der Waals surface area contributed by atoms with Crippen molar-refractivity contribution in [3.63, 3.8) is 0 Å². The van der Waals surface area contributed by atoms with Crippen LogP contribution in [0.4, 0.5) is 5.69 Å². The van der Waals surface area contributed by atoms with Crippen molar-refractivity contribution in [2.45, 2.75) is 52.2 Å². The Labute approximate surface area is 204 Å². The van der Waals surface area contributed by atoms with Crippen LogP contribution in [0.25, 0.3) is 0 Å². The average molecular weight is 487 g/mol. The van der Waals surface area contributed by atoms with Gasteiger partial charge in [-0.25, -0.2) is 0 Å². The SMILES string of the molecule is CC(C)[C@H](NC(=O)c1ccc([N+](=O)[O-])cc1Cl)C(=O)NCc1ccc(CN2CCCCC2)cc1. The lowest BCUT2D eigenvalue weighted by molar-refractivity contribution is -0.384. The summed E-state index contributed by atoms with van der Waals surface area (Å²) in [6.45, 7) is 7.24. The molecular formula is C25H31ClN4O4. The number of piperidine rings is 1. The predicted molar refractivity (Wildman–Crippen MR) is 132 cm³/mol. The minimum absolute atomic E-state index is 0.0424. The molecule has 1 aliphatic heterocycles. The quantitative estimate of drug-likeness (QED) is 0.406. The zero-order valence-electron chi connectivity index (χ0n) is 19.6. The van der Waals surface area contributed by atoms with Gasteiger partial charge in [0.2, 0.25) is 5.91 Å². The number of carbonyl (C=O) groups is 2. The van der Waals surface area contributed by atoms with Crippen LogP contribution in [0.1, 0.15) is 54.6 Å². The van der Waals surface area contributed by atoms with Crippen molar-refractivity contribution < 1.29 is 14.5 Å². The molecule has 2 amide bonds. The number of nitrogens with zero attached hydrogens (tertiary/aromatic N) is 2. The first kappa shape index (κ1) is 25.6. The van der Waals surface area contributed by atoms with Gasteiger partial charge >= 0.3 is 0 Å². The molecule has 1 aliphatic rings.